The first-order valence-electron chi connectivity index (χ1n) is 27.1. The predicted molar refractivity (Wildman–Crippen MR) is 294 cm³/mol. The summed E-state index contributed by atoms with van der Waals surface area (Å²) in [6, 6.07) is -3.87. The number of hydrogen-bond donors (Lipinski definition) is 9. The van der Waals surface area contributed by atoms with E-state index in [2.05, 4.69) is 63.4 Å². The number of terminal acetylenes is 1. The Morgan fingerprint density at radius 2 is 1.38 bits per heavy atom. The maximum Gasteiger partial charge on any atom is 0.246 e. The smallest absolute Gasteiger partial charge is 0.246 e. The first-order chi connectivity index (χ1) is 38.2. The summed E-state index contributed by atoms with van der Waals surface area (Å²) in [5, 5.41) is 21.2. The summed E-state index contributed by atoms with van der Waals surface area (Å²) >= 11 is 0. The molecule has 0 bridgehead atoms. The standard InChI is InChI=1S/C55H78N14O11/c1-7-8-16-46(71)60-22-10-9-14-44-53(78)66-42(31-37-17-24-57-25-18-37)52(77)64-39(13-11-23-59-36(5)56)49(74)61-33-47(72)63-40(21-29-70)50(75)65-41(30-34(2)3)51(76)62-35(4)48(73)67-43(32-38-19-26-58-27-20-38)54(79)69-28-12-15-45(69)55(80)68(44)6/h1,17-20,24-27,29,34-35,39-45H,8-16,21-23,28,30-33H2,2-6H3,(H2,56,59)(H,60,71)(H,61,74)(H,62,76)(H,63,72)(H,64,77)(H,65,75)(H,66,78)(H,67,73)/t35-,39?,40?,41?,42-,43-,44?,45+/m0/s1. The van der Waals surface area contributed by atoms with Crippen LogP contribution in [0.1, 0.15) is 109 Å². The molecule has 0 radical (unpaired) electrons. The molecule has 0 aromatic carbocycles. The third-order valence-electron chi connectivity index (χ3n) is 13.4. The van der Waals surface area contributed by atoms with Gasteiger partial charge in [-0.15, -0.1) is 12.3 Å². The Bertz CT molecular complexity index is 2540. The third-order valence-corrected chi connectivity index (χ3v) is 13.4. The minimum absolute atomic E-state index is 0.0275. The number of likely N-dealkylation sites (N-methyl/N-ethyl adjacent to an activating group) is 1. The molecular formula is C55H78N14O11. The Morgan fingerprint density at radius 3 is 2.00 bits per heavy atom. The number of amidine groups is 1. The third kappa shape index (κ3) is 21.2. The number of aromatic nitrogens is 2. The maximum atomic E-state index is 14.9. The molecule has 10 amide bonds. The quantitative estimate of drug-likeness (QED) is 0.0258. The van der Waals surface area contributed by atoms with Crippen LogP contribution in [0, 0.1) is 18.3 Å². The zero-order chi connectivity index (χ0) is 58.7. The lowest BCUT2D eigenvalue weighted by Crippen LogP contribution is -2.60. The number of pyridine rings is 2. The molecule has 434 valence electrons. The van der Waals surface area contributed by atoms with Crippen molar-refractivity contribution < 1.29 is 52.7 Å². The summed E-state index contributed by atoms with van der Waals surface area (Å²) in [5.41, 5.74) is 6.93. The van der Waals surface area contributed by atoms with Gasteiger partial charge in [-0.3, -0.25) is 62.9 Å². The molecule has 2 fully saturated rings. The van der Waals surface area contributed by atoms with Crippen molar-refractivity contribution in [1.82, 2.24) is 62.3 Å². The van der Waals surface area contributed by atoms with Gasteiger partial charge in [0.15, 0.2) is 0 Å². The normalized spacial score (nSPS) is 23.7. The number of rotatable bonds is 19. The zero-order valence-corrected chi connectivity index (χ0v) is 46.3. The van der Waals surface area contributed by atoms with Crippen molar-refractivity contribution in [1.29, 1.82) is 0 Å². The number of fused-ring (bicyclic) bond motifs is 1. The first kappa shape index (κ1) is 64.2. The first-order valence-corrected chi connectivity index (χ1v) is 27.1. The van der Waals surface area contributed by atoms with E-state index in [1.807, 2.05) is 0 Å². The largest absolute Gasteiger partial charge is 0.388 e. The molecular weight excluding hydrogens is 1030 g/mol. The molecule has 0 spiro atoms. The highest BCUT2D eigenvalue weighted by Crippen LogP contribution is 2.24. The summed E-state index contributed by atoms with van der Waals surface area (Å²) in [4.78, 5) is 168. The number of nitrogens with one attached hydrogen (secondary N) is 8. The van der Waals surface area contributed by atoms with E-state index in [0.717, 1.165) is 0 Å². The number of amides is 10. The van der Waals surface area contributed by atoms with Gasteiger partial charge in [-0.05, 0) is 107 Å². The van der Waals surface area contributed by atoms with Crippen LogP contribution in [0.5, 0.6) is 0 Å². The van der Waals surface area contributed by atoms with Crippen molar-refractivity contribution in [3.63, 3.8) is 0 Å². The van der Waals surface area contributed by atoms with Crippen LogP contribution < -0.4 is 48.3 Å². The molecule has 25 nitrogen and oxygen atoms in total. The minimum Gasteiger partial charge on any atom is -0.388 e. The van der Waals surface area contributed by atoms with E-state index in [9.17, 15) is 52.7 Å². The van der Waals surface area contributed by atoms with Gasteiger partial charge in [0.2, 0.25) is 59.1 Å². The van der Waals surface area contributed by atoms with E-state index >= 15 is 0 Å². The molecule has 8 atom stereocenters. The van der Waals surface area contributed by atoms with Crippen LogP contribution in [0.2, 0.25) is 0 Å². The van der Waals surface area contributed by atoms with Crippen molar-refractivity contribution in [2.24, 2.45) is 16.6 Å². The van der Waals surface area contributed by atoms with Crippen molar-refractivity contribution in [3.8, 4) is 12.3 Å². The summed E-state index contributed by atoms with van der Waals surface area (Å²) in [5.74, 6) is -4.76. The van der Waals surface area contributed by atoms with Gasteiger partial charge in [0, 0.05) is 83.6 Å². The lowest BCUT2D eigenvalue weighted by atomic mass is 10.0. The fraction of sp³-hybridized carbons (Fsp3) is 0.564. The maximum absolute atomic E-state index is 14.9. The second kappa shape index (κ2) is 33.2. The summed E-state index contributed by atoms with van der Waals surface area (Å²) in [7, 11) is 1.42. The van der Waals surface area contributed by atoms with Gasteiger partial charge in [0.05, 0.1) is 12.4 Å². The number of aldehydes is 1. The number of hydrogen-bond acceptors (Lipinski definition) is 14. The van der Waals surface area contributed by atoms with Crippen LogP contribution in [0.4, 0.5) is 0 Å². The van der Waals surface area contributed by atoms with E-state index in [1.54, 1.807) is 45.0 Å². The summed E-state index contributed by atoms with van der Waals surface area (Å²) in [6.07, 6.45) is 13.0. The molecule has 4 rings (SSSR count). The SMILES string of the molecule is C#CCCC(=O)NCCCCC1C(=O)N[C@@H](Cc2ccncc2)C(=O)NC(CCCN=C(C)N)C(=O)NCC(=O)NC(CC=O)C(=O)NC(CC(C)C)C(=O)N[C@@H](C)C(=O)N[C@@H](Cc2ccncc2)C(=O)N2CCC[C@@H]2C(=O)N1C. The van der Waals surface area contributed by atoms with Gasteiger partial charge in [-0.2, -0.15) is 0 Å². The highest BCUT2D eigenvalue weighted by Gasteiger charge is 2.42. The van der Waals surface area contributed by atoms with Gasteiger partial charge >= 0.3 is 0 Å². The van der Waals surface area contributed by atoms with Gasteiger partial charge in [-0.25, -0.2) is 0 Å². The highest BCUT2D eigenvalue weighted by molar-refractivity contribution is 5.99. The Labute approximate surface area is 466 Å². The van der Waals surface area contributed by atoms with E-state index in [0.29, 0.717) is 36.7 Å². The number of nitrogens with two attached hydrogens (primary N) is 1. The van der Waals surface area contributed by atoms with Crippen LogP contribution in [-0.4, -0.2) is 173 Å². The van der Waals surface area contributed by atoms with Crippen molar-refractivity contribution in [2.45, 2.75) is 160 Å². The molecule has 2 aromatic rings. The lowest BCUT2D eigenvalue weighted by Gasteiger charge is -2.35. The summed E-state index contributed by atoms with van der Waals surface area (Å²) < 4.78 is 0. The van der Waals surface area contributed by atoms with Crippen molar-refractivity contribution in [2.75, 3.05) is 33.2 Å². The highest BCUT2D eigenvalue weighted by atomic mass is 16.2. The molecule has 0 saturated carbocycles. The monoisotopic (exact) mass is 1110 g/mol. The fourth-order valence-electron chi connectivity index (χ4n) is 9.13. The van der Waals surface area contributed by atoms with Gasteiger partial charge in [-0.1, -0.05) is 13.8 Å². The predicted octanol–water partition coefficient (Wildman–Crippen LogP) is -1.37. The lowest BCUT2D eigenvalue weighted by molar-refractivity contribution is -0.148. The minimum atomic E-state index is -1.51. The second-order valence-electron chi connectivity index (χ2n) is 20.3. The Morgan fingerprint density at radius 1 is 0.775 bits per heavy atom. The Hall–Kier alpha value is -8.30. The van der Waals surface area contributed by atoms with E-state index in [-0.39, 0.29) is 95.1 Å². The number of carbonyl (C=O) groups excluding carboxylic acids is 11. The van der Waals surface area contributed by atoms with Crippen LogP contribution in [0.15, 0.2) is 54.0 Å². The fourth-order valence-corrected chi connectivity index (χ4v) is 9.13. The molecule has 2 aromatic heterocycles. The van der Waals surface area contributed by atoms with E-state index < -0.39 is 114 Å². The molecule has 25 heteroatoms. The van der Waals surface area contributed by atoms with Crippen LogP contribution in [0.25, 0.3) is 0 Å². The Kier molecular flexibility index (Phi) is 26.7. The average molecular weight is 1110 g/mol. The van der Waals surface area contributed by atoms with Gasteiger partial charge in [0.25, 0.3) is 0 Å². The number of unbranched alkanes of at least 4 members (excludes halogenated alkanes) is 1. The molecule has 4 unspecified atom stereocenters. The molecule has 10 N–H and O–H groups in total. The average Bonchev–Trinajstić information content (AvgIpc) is 3.93. The molecule has 2 aliphatic rings. The van der Waals surface area contributed by atoms with Gasteiger partial charge < -0.3 is 62.9 Å². The molecule has 2 aliphatic heterocycles. The number of nitrogens with zero attached hydrogens (tertiary/aromatic N) is 5. The Balaban J connectivity index is 1.81. The number of aliphatic imine (C=N–C) groups is 1. The van der Waals surface area contributed by atoms with E-state index in [1.165, 1.54) is 48.6 Å². The second-order valence-corrected chi connectivity index (χ2v) is 20.3. The molecule has 0 aliphatic carbocycles. The van der Waals surface area contributed by atoms with Crippen LogP contribution in [0.3, 0.4) is 0 Å². The summed E-state index contributed by atoms with van der Waals surface area (Å²) in [6.45, 7) is 6.31. The van der Waals surface area contributed by atoms with E-state index in [4.69, 9.17) is 12.2 Å². The topological polar surface area (TPSA) is 355 Å². The molecule has 2 saturated heterocycles. The molecule has 80 heavy (non-hydrogen) atoms. The molecule has 4 heterocycles. The van der Waals surface area contributed by atoms with Crippen molar-refractivity contribution >= 4 is 71.2 Å². The van der Waals surface area contributed by atoms with Crippen LogP contribution in [-0.2, 0) is 65.6 Å². The zero-order valence-electron chi connectivity index (χ0n) is 46.3. The van der Waals surface area contributed by atoms with Crippen molar-refractivity contribution in [3.05, 3.63) is 60.2 Å². The van der Waals surface area contributed by atoms with Gasteiger partial charge in [0.1, 0.15) is 54.6 Å². The number of carbonyl (C=O) groups is 11. The van der Waals surface area contributed by atoms with Crippen LogP contribution >= 0.6 is 0 Å².